The number of hydrogen-bond acceptors (Lipinski definition) is 7. The van der Waals surface area contributed by atoms with Crippen molar-refractivity contribution in [1.29, 1.82) is 0 Å². The monoisotopic (exact) mass is 366 g/mol. The van der Waals surface area contributed by atoms with E-state index >= 15 is 0 Å². The summed E-state index contributed by atoms with van der Waals surface area (Å²) in [5.74, 6) is 2.85. The van der Waals surface area contributed by atoms with Crippen LogP contribution in [-0.4, -0.2) is 15.1 Å². The average molecular weight is 367 g/mol. The van der Waals surface area contributed by atoms with Gasteiger partial charge in [-0.3, -0.25) is 0 Å². The second-order valence-corrected chi connectivity index (χ2v) is 6.96. The van der Waals surface area contributed by atoms with Crippen molar-refractivity contribution in [3.05, 3.63) is 40.7 Å². The minimum Gasteiger partial charge on any atom is -0.459 e. The molecule has 0 amide bonds. The van der Waals surface area contributed by atoms with E-state index in [1.165, 1.54) is 0 Å². The Hall–Kier alpha value is -1.70. The Labute approximate surface area is 149 Å². The number of aryl methyl sites for hydroxylation is 1. The highest BCUT2D eigenvalue weighted by molar-refractivity contribution is 7.13. The van der Waals surface area contributed by atoms with Gasteiger partial charge >= 0.3 is 0 Å². The predicted molar refractivity (Wildman–Crippen MR) is 93.2 cm³/mol. The van der Waals surface area contributed by atoms with Crippen LogP contribution >= 0.6 is 23.7 Å². The van der Waals surface area contributed by atoms with Crippen LogP contribution < -0.4 is 5.73 Å². The summed E-state index contributed by atoms with van der Waals surface area (Å²) in [6.07, 6.45) is 4.60. The highest BCUT2D eigenvalue weighted by Gasteiger charge is 2.35. The topological polar surface area (TPSA) is 91.0 Å². The van der Waals surface area contributed by atoms with Gasteiger partial charge in [0.05, 0.1) is 17.7 Å². The van der Waals surface area contributed by atoms with Crippen LogP contribution in [0.25, 0.3) is 10.8 Å². The number of rotatable bonds is 4. The Balaban J connectivity index is 0.00000169. The van der Waals surface area contributed by atoms with Crippen molar-refractivity contribution in [2.75, 3.05) is 0 Å². The molecule has 3 aromatic rings. The number of halogens is 1. The molecule has 1 aliphatic carbocycles. The van der Waals surface area contributed by atoms with Gasteiger partial charge < -0.3 is 14.7 Å². The van der Waals surface area contributed by atoms with E-state index in [2.05, 4.69) is 15.1 Å². The molecule has 0 bridgehead atoms. The summed E-state index contributed by atoms with van der Waals surface area (Å²) in [6, 6.07) is 3.87. The van der Waals surface area contributed by atoms with Crippen LogP contribution in [0.1, 0.15) is 48.9 Å². The number of nitrogens with two attached hydrogens (primary N) is 1. The highest BCUT2D eigenvalue weighted by atomic mass is 35.5. The van der Waals surface area contributed by atoms with Gasteiger partial charge in [-0.2, -0.15) is 4.98 Å². The van der Waals surface area contributed by atoms with Gasteiger partial charge in [-0.25, -0.2) is 4.98 Å². The maximum absolute atomic E-state index is 6.36. The van der Waals surface area contributed by atoms with Crippen LogP contribution in [0.2, 0.25) is 0 Å². The molecule has 24 heavy (non-hydrogen) atoms. The van der Waals surface area contributed by atoms with Crippen LogP contribution in [0.5, 0.6) is 0 Å². The zero-order chi connectivity index (χ0) is 15.9. The second kappa shape index (κ2) is 6.66. The summed E-state index contributed by atoms with van der Waals surface area (Å²) in [7, 11) is 0. The van der Waals surface area contributed by atoms with Gasteiger partial charge in [0.1, 0.15) is 5.76 Å². The van der Waals surface area contributed by atoms with E-state index in [4.69, 9.17) is 14.7 Å². The van der Waals surface area contributed by atoms with Gasteiger partial charge in [0.25, 0.3) is 0 Å². The summed E-state index contributed by atoms with van der Waals surface area (Å²) in [5.41, 5.74) is 6.84. The van der Waals surface area contributed by atoms with Crippen LogP contribution in [0.15, 0.2) is 26.5 Å². The quantitative estimate of drug-likeness (QED) is 0.754. The van der Waals surface area contributed by atoms with E-state index in [0.29, 0.717) is 18.1 Å². The molecule has 0 unspecified atom stereocenters. The third-order valence-corrected chi connectivity index (χ3v) is 5.15. The van der Waals surface area contributed by atoms with E-state index in [1.807, 2.05) is 24.4 Å². The van der Waals surface area contributed by atoms with Crippen molar-refractivity contribution in [3.63, 3.8) is 0 Å². The van der Waals surface area contributed by atoms with Crippen molar-refractivity contribution in [3.8, 4) is 10.8 Å². The van der Waals surface area contributed by atoms with E-state index < -0.39 is 5.54 Å². The maximum Gasteiger partial charge on any atom is 0.232 e. The zero-order valence-electron chi connectivity index (χ0n) is 13.3. The number of hydrogen-bond donors (Lipinski definition) is 1. The molecular weight excluding hydrogens is 348 g/mol. The Kier molecular flexibility index (Phi) is 4.76. The molecule has 0 saturated heterocycles. The third kappa shape index (κ3) is 3.24. The molecule has 0 aliphatic heterocycles. The molecule has 3 aromatic heterocycles. The first-order chi connectivity index (χ1) is 11.1. The Morgan fingerprint density at radius 2 is 2.04 bits per heavy atom. The maximum atomic E-state index is 6.36. The molecule has 2 N–H and O–H groups in total. The van der Waals surface area contributed by atoms with Gasteiger partial charge in [0.15, 0.2) is 16.6 Å². The minimum atomic E-state index is -0.416. The number of furan rings is 1. The average Bonchev–Trinajstić information content (AvgIpc) is 3.27. The molecule has 128 valence electrons. The number of thiazole rings is 1. The second-order valence-electron chi connectivity index (χ2n) is 6.11. The highest BCUT2D eigenvalue weighted by Crippen LogP contribution is 2.34. The number of nitrogens with zero attached hydrogens (tertiary/aromatic N) is 3. The lowest BCUT2D eigenvalue weighted by atomic mass is 9.99. The van der Waals surface area contributed by atoms with Gasteiger partial charge in [-0.1, -0.05) is 18.0 Å². The lowest BCUT2D eigenvalue weighted by Crippen LogP contribution is -2.34. The van der Waals surface area contributed by atoms with Crippen LogP contribution in [0, 0.1) is 6.92 Å². The number of aromatic nitrogens is 3. The largest absolute Gasteiger partial charge is 0.459 e. The van der Waals surface area contributed by atoms with Gasteiger partial charge in [0, 0.05) is 5.38 Å². The SMILES string of the molecule is Cc1ccc(-c2nc(Cc3nc(C4(N)CCCC4)no3)cs2)o1.Cl. The summed E-state index contributed by atoms with van der Waals surface area (Å²) in [4.78, 5) is 9.06. The summed E-state index contributed by atoms with van der Waals surface area (Å²) in [5, 5.41) is 6.93. The molecule has 3 heterocycles. The molecule has 0 radical (unpaired) electrons. The standard InChI is InChI=1S/C16H18N4O2S.ClH/c1-10-4-5-12(21-10)14-18-11(9-23-14)8-13-19-15(20-22-13)16(17)6-2-3-7-16;/h4-5,9H,2-3,6-8,17H2,1H3;1H. The van der Waals surface area contributed by atoms with E-state index in [0.717, 1.165) is 47.9 Å². The predicted octanol–water partition coefficient (Wildman–Crippen LogP) is 3.84. The molecular formula is C16H19ClN4O2S. The normalized spacial score (nSPS) is 16.2. The van der Waals surface area contributed by atoms with Crippen molar-refractivity contribution >= 4 is 23.7 Å². The van der Waals surface area contributed by atoms with E-state index in [-0.39, 0.29) is 12.4 Å². The lowest BCUT2D eigenvalue weighted by molar-refractivity contribution is 0.352. The van der Waals surface area contributed by atoms with Crippen LogP contribution in [-0.2, 0) is 12.0 Å². The van der Waals surface area contributed by atoms with Crippen molar-refractivity contribution in [2.24, 2.45) is 5.73 Å². The zero-order valence-corrected chi connectivity index (χ0v) is 15.0. The molecule has 6 nitrogen and oxygen atoms in total. The van der Waals surface area contributed by atoms with Crippen molar-refractivity contribution in [2.45, 2.75) is 44.6 Å². The molecule has 1 saturated carbocycles. The van der Waals surface area contributed by atoms with E-state index in [1.54, 1.807) is 11.3 Å². The fourth-order valence-electron chi connectivity index (χ4n) is 2.96. The van der Waals surface area contributed by atoms with Gasteiger partial charge in [-0.15, -0.1) is 23.7 Å². The third-order valence-electron chi connectivity index (χ3n) is 4.24. The fraction of sp³-hybridized carbons (Fsp3) is 0.438. The van der Waals surface area contributed by atoms with E-state index in [9.17, 15) is 0 Å². The summed E-state index contributed by atoms with van der Waals surface area (Å²) >= 11 is 1.55. The van der Waals surface area contributed by atoms with Crippen molar-refractivity contribution < 1.29 is 8.94 Å². The molecule has 4 rings (SSSR count). The lowest BCUT2D eigenvalue weighted by Gasteiger charge is -2.17. The molecule has 1 aliphatic rings. The Morgan fingerprint density at radius 3 is 2.75 bits per heavy atom. The molecule has 0 spiro atoms. The first-order valence-corrected chi connectivity index (χ1v) is 8.63. The van der Waals surface area contributed by atoms with Crippen LogP contribution in [0.4, 0.5) is 0 Å². The fourth-order valence-corrected chi connectivity index (χ4v) is 3.74. The summed E-state index contributed by atoms with van der Waals surface area (Å²) in [6.45, 7) is 1.92. The first kappa shape index (κ1) is 17.1. The summed E-state index contributed by atoms with van der Waals surface area (Å²) < 4.78 is 11.0. The molecule has 0 aromatic carbocycles. The van der Waals surface area contributed by atoms with Crippen molar-refractivity contribution in [1.82, 2.24) is 15.1 Å². The Morgan fingerprint density at radius 1 is 1.25 bits per heavy atom. The first-order valence-electron chi connectivity index (χ1n) is 7.76. The minimum absolute atomic E-state index is 0. The van der Waals surface area contributed by atoms with Gasteiger partial charge in [0.2, 0.25) is 5.89 Å². The molecule has 8 heteroatoms. The smallest absolute Gasteiger partial charge is 0.232 e. The van der Waals surface area contributed by atoms with Gasteiger partial charge in [-0.05, 0) is 31.9 Å². The molecule has 0 atom stereocenters. The Bertz CT molecular complexity index is 820. The van der Waals surface area contributed by atoms with Crippen LogP contribution in [0.3, 0.4) is 0 Å². The molecule has 1 fully saturated rings.